The normalized spacial score (nSPS) is 17.2. The lowest BCUT2D eigenvalue weighted by molar-refractivity contribution is -0.140. The van der Waals surface area contributed by atoms with Gasteiger partial charge in [0.05, 0.1) is 11.6 Å². The SMILES string of the molecule is C=CCOc1ccc(C(O)=C2C(=O)C(=O)N(Cc3cccnc3)C2c2ccccc2F)cc1. The second kappa shape index (κ2) is 9.48. The van der Waals surface area contributed by atoms with Gasteiger partial charge in [-0.1, -0.05) is 36.9 Å². The Kier molecular flexibility index (Phi) is 6.31. The molecule has 0 saturated carbocycles. The van der Waals surface area contributed by atoms with Crippen LogP contribution in [0.15, 0.2) is 91.3 Å². The predicted octanol–water partition coefficient (Wildman–Crippen LogP) is 4.41. The molecule has 6 nitrogen and oxygen atoms in total. The van der Waals surface area contributed by atoms with E-state index >= 15 is 0 Å². The summed E-state index contributed by atoms with van der Waals surface area (Å²) in [5.74, 6) is -2.12. The molecule has 2 heterocycles. The Labute approximate surface area is 190 Å². The van der Waals surface area contributed by atoms with Gasteiger partial charge in [-0.05, 0) is 42.0 Å². The molecule has 1 aromatic heterocycles. The number of rotatable bonds is 7. The lowest BCUT2D eigenvalue weighted by atomic mass is 9.94. The van der Waals surface area contributed by atoms with E-state index in [0.29, 0.717) is 23.5 Å². The van der Waals surface area contributed by atoms with Crippen molar-refractivity contribution in [1.82, 2.24) is 9.88 Å². The van der Waals surface area contributed by atoms with Crippen LogP contribution in [0.1, 0.15) is 22.7 Å². The highest BCUT2D eigenvalue weighted by Crippen LogP contribution is 2.41. The van der Waals surface area contributed by atoms with Gasteiger partial charge in [-0.3, -0.25) is 14.6 Å². The Balaban J connectivity index is 1.81. The van der Waals surface area contributed by atoms with Crippen molar-refractivity contribution in [2.24, 2.45) is 0 Å². The Bertz CT molecular complexity index is 1220. The molecule has 3 aromatic rings. The van der Waals surface area contributed by atoms with Gasteiger partial charge in [-0.2, -0.15) is 0 Å². The highest BCUT2D eigenvalue weighted by Gasteiger charge is 2.46. The molecule has 1 N–H and O–H groups in total. The van der Waals surface area contributed by atoms with Crippen LogP contribution in [-0.2, 0) is 16.1 Å². The zero-order valence-electron chi connectivity index (χ0n) is 17.6. The Hall–Kier alpha value is -4.26. The lowest BCUT2D eigenvalue weighted by Crippen LogP contribution is -2.29. The van der Waals surface area contributed by atoms with Crippen LogP contribution in [0.4, 0.5) is 4.39 Å². The third-order valence-electron chi connectivity index (χ3n) is 5.31. The number of hydrogen-bond donors (Lipinski definition) is 1. The average molecular weight is 444 g/mol. The number of pyridine rings is 1. The van der Waals surface area contributed by atoms with Gasteiger partial charge in [-0.15, -0.1) is 0 Å². The lowest BCUT2D eigenvalue weighted by Gasteiger charge is -2.25. The number of ketones is 1. The molecule has 1 saturated heterocycles. The first-order valence-electron chi connectivity index (χ1n) is 10.3. The maximum atomic E-state index is 14.8. The van der Waals surface area contributed by atoms with Crippen molar-refractivity contribution in [1.29, 1.82) is 0 Å². The molecular formula is C26H21FN2O4. The number of aromatic nitrogens is 1. The van der Waals surface area contributed by atoms with Crippen LogP contribution in [0, 0.1) is 5.82 Å². The van der Waals surface area contributed by atoms with E-state index in [0.717, 1.165) is 0 Å². The molecule has 0 aliphatic carbocycles. The summed E-state index contributed by atoms with van der Waals surface area (Å²) in [6.07, 6.45) is 4.76. The van der Waals surface area contributed by atoms with Crippen molar-refractivity contribution >= 4 is 17.4 Å². The fourth-order valence-electron chi connectivity index (χ4n) is 3.77. The van der Waals surface area contributed by atoms with E-state index in [1.54, 1.807) is 60.9 Å². The third kappa shape index (κ3) is 4.39. The number of Topliss-reactive ketones (excluding diaryl/α,β-unsaturated/α-hetero) is 1. The second-order valence-electron chi connectivity index (χ2n) is 7.43. The molecule has 4 rings (SSSR count). The smallest absolute Gasteiger partial charge is 0.295 e. The maximum absolute atomic E-state index is 14.8. The summed E-state index contributed by atoms with van der Waals surface area (Å²) >= 11 is 0. The van der Waals surface area contributed by atoms with Crippen molar-refractivity contribution in [2.45, 2.75) is 12.6 Å². The van der Waals surface area contributed by atoms with Gasteiger partial charge in [0.15, 0.2) is 0 Å². The molecule has 0 radical (unpaired) electrons. The fourth-order valence-corrected chi connectivity index (χ4v) is 3.77. The Morgan fingerprint density at radius 3 is 2.55 bits per heavy atom. The van der Waals surface area contributed by atoms with Crippen LogP contribution in [0.2, 0.25) is 0 Å². The first kappa shape index (κ1) is 22.0. The number of hydrogen-bond acceptors (Lipinski definition) is 5. The van der Waals surface area contributed by atoms with Gasteiger partial charge in [-0.25, -0.2) is 4.39 Å². The van der Waals surface area contributed by atoms with E-state index in [4.69, 9.17) is 4.74 Å². The predicted molar refractivity (Wildman–Crippen MR) is 121 cm³/mol. The molecule has 166 valence electrons. The maximum Gasteiger partial charge on any atom is 0.295 e. The summed E-state index contributed by atoms with van der Waals surface area (Å²) in [5.41, 5.74) is 0.924. The Morgan fingerprint density at radius 2 is 1.88 bits per heavy atom. The topological polar surface area (TPSA) is 79.7 Å². The highest BCUT2D eigenvalue weighted by atomic mass is 19.1. The van der Waals surface area contributed by atoms with Crippen molar-refractivity contribution < 1.29 is 23.8 Å². The van der Waals surface area contributed by atoms with E-state index < -0.39 is 23.5 Å². The minimum absolute atomic E-state index is 0.0303. The number of ether oxygens (including phenoxy) is 1. The van der Waals surface area contributed by atoms with Crippen molar-refractivity contribution in [2.75, 3.05) is 6.61 Å². The van der Waals surface area contributed by atoms with E-state index in [9.17, 15) is 19.1 Å². The zero-order chi connectivity index (χ0) is 23.4. The van der Waals surface area contributed by atoms with Gasteiger partial charge in [0.1, 0.15) is 23.9 Å². The van der Waals surface area contributed by atoms with Gasteiger partial charge in [0.2, 0.25) is 0 Å². The monoisotopic (exact) mass is 444 g/mol. The van der Waals surface area contributed by atoms with Gasteiger partial charge < -0.3 is 14.7 Å². The molecule has 1 fully saturated rings. The van der Waals surface area contributed by atoms with E-state index in [-0.39, 0.29) is 23.4 Å². The Morgan fingerprint density at radius 1 is 1.12 bits per heavy atom. The molecule has 1 atom stereocenters. The van der Waals surface area contributed by atoms with Crippen molar-refractivity contribution in [3.8, 4) is 5.75 Å². The first-order chi connectivity index (χ1) is 16.0. The molecular weight excluding hydrogens is 423 g/mol. The van der Waals surface area contributed by atoms with Crippen LogP contribution in [-0.4, -0.2) is 33.3 Å². The number of aliphatic hydroxyl groups is 1. The fraction of sp³-hybridized carbons (Fsp3) is 0.115. The quantitative estimate of drug-likeness (QED) is 0.253. The minimum atomic E-state index is -1.09. The number of carbonyl (C=O) groups is 2. The number of likely N-dealkylation sites (tertiary alicyclic amines) is 1. The standard InChI is InChI=1S/C26H21FN2O4/c1-2-14-33-19-11-9-18(10-12-19)24(30)22-23(20-7-3-4-8-21(20)27)29(26(32)25(22)31)16-17-6-5-13-28-15-17/h2-13,15,23,30H,1,14,16H2. The summed E-state index contributed by atoms with van der Waals surface area (Å²) in [7, 11) is 0. The minimum Gasteiger partial charge on any atom is -0.507 e. The summed E-state index contributed by atoms with van der Waals surface area (Å²) in [6, 6.07) is 14.7. The second-order valence-corrected chi connectivity index (χ2v) is 7.43. The molecule has 1 amide bonds. The summed E-state index contributed by atoms with van der Waals surface area (Å²) in [4.78, 5) is 31.3. The highest BCUT2D eigenvalue weighted by molar-refractivity contribution is 6.46. The number of halogens is 1. The van der Waals surface area contributed by atoms with Crippen LogP contribution in [0.25, 0.3) is 5.76 Å². The van der Waals surface area contributed by atoms with Crippen LogP contribution < -0.4 is 4.74 Å². The zero-order valence-corrected chi connectivity index (χ0v) is 17.6. The van der Waals surface area contributed by atoms with Crippen LogP contribution >= 0.6 is 0 Å². The molecule has 0 bridgehead atoms. The summed E-state index contributed by atoms with van der Waals surface area (Å²) in [6.45, 7) is 3.94. The molecule has 1 aliphatic heterocycles. The molecule has 1 aliphatic rings. The number of aliphatic hydroxyl groups excluding tert-OH is 1. The molecule has 7 heteroatoms. The van der Waals surface area contributed by atoms with Gasteiger partial charge in [0, 0.05) is 30.1 Å². The number of nitrogens with zero attached hydrogens (tertiary/aromatic N) is 2. The largest absolute Gasteiger partial charge is 0.507 e. The summed E-state index contributed by atoms with van der Waals surface area (Å²) < 4.78 is 20.3. The van der Waals surface area contributed by atoms with Crippen LogP contribution in [0.5, 0.6) is 5.75 Å². The molecule has 2 aromatic carbocycles. The summed E-state index contributed by atoms with van der Waals surface area (Å²) in [5, 5.41) is 11.1. The average Bonchev–Trinajstić information content (AvgIpc) is 3.08. The number of benzene rings is 2. The van der Waals surface area contributed by atoms with E-state index in [1.165, 1.54) is 23.1 Å². The number of amides is 1. The molecule has 1 unspecified atom stereocenters. The van der Waals surface area contributed by atoms with Gasteiger partial charge >= 0.3 is 0 Å². The van der Waals surface area contributed by atoms with Crippen molar-refractivity contribution in [3.63, 3.8) is 0 Å². The van der Waals surface area contributed by atoms with E-state index in [1.807, 2.05) is 0 Å². The first-order valence-corrected chi connectivity index (χ1v) is 10.3. The third-order valence-corrected chi connectivity index (χ3v) is 5.31. The molecule has 33 heavy (non-hydrogen) atoms. The molecule has 0 spiro atoms. The van der Waals surface area contributed by atoms with Crippen molar-refractivity contribution in [3.05, 3.63) is 114 Å². The van der Waals surface area contributed by atoms with E-state index in [2.05, 4.69) is 11.6 Å². The van der Waals surface area contributed by atoms with Crippen LogP contribution in [0.3, 0.4) is 0 Å². The number of carbonyl (C=O) groups excluding carboxylic acids is 2. The van der Waals surface area contributed by atoms with Gasteiger partial charge in [0.25, 0.3) is 11.7 Å².